The van der Waals surface area contributed by atoms with Gasteiger partial charge in [0, 0.05) is 18.3 Å². The van der Waals surface area contributed by atoms with E-state index in [1.807, 2.05) is 41.9 Å². The predicted octanol–water partition coefficient (Wildman–Crippen LogP) is 7.21. The SMILES string of the molecule is CCCC(=O)Oc1ccc(C(CC)(CC)CC(=O)c2cnn3c2NC(c2ccccc2)CC3(C)C)cc1. The standard InChI is InChI=1S/C31H39N3O3/c1-6-12-28(36)37-24-17-15-23(16-18-24)31(7-2,8-3)20-27(35)25-21-32-34-29(25)33-26(19-30(34,4)5)22-13-10-9-11-14-22/h9-11,13-18,21,26,33H,6-8,12,19-20H2,1-5H3. The van der Waals surface area contributed by atoms with Gasteiger partial charge in [0.25, 0.3) is 0 Å². The normalized spacial score (nSPS) is 16.5. The molecule has 1 atom stereocenters. The molecule has 6 nitrogen and oxygen atoms in total. The highest BCUT2D eigenvalue weighted by Crippen LogP contribution is 2.42. The van der Waals surface area contributed by atoms with Crippen molar-refractivity contribution >= 4 is 17.6 Å². The number of fused-ring (bicyclic) bond motifs is 1. The van der Waals surface area contributed by atoms with Crippen LogP contribution in [0.1, 0.15) is 101 Å². The summed E-state index contributed by atoms with van der Waals surface area (Å²) in [5, 5.41) is 8.28. The highest BCUT2D eigenvalue weighted by atomic mass is 16.5. The summed E-state index contributed by atoms with van der Waals surface area (Å²) in [5.74, 6) is 1.20. The van der Waals surface area contributed by atoms with Crippen molar-refractivity contribution < 1.29 is 14.3 Å². The number of rotatable bonds is 10. The Labute approximate surface area is 220 Å². The molecule has 4 rings (SSSR count). The van der Waals surface area contributed by atoms with Gasteiger partial charge in [-0.05, 0) is 62.8 Å². The minimum atomic E-state index is -0.319. The van der Waals surface area contributed by atoms with E-state index >= 15 is 0 Å². The van der Waals surface area contributed by atoms with Crippen LogP contribution in [0.2, 0.25) is 0 Å². The number of Topliss-reactive ketones (excluding diaryl/α,β-unsaturated/α-hetero) is 1. The molecule has 1 N–H and O–H groups in total. The zero-order chi connectivity index (χ0) is 26.6. The number of carbonyl (C=O) groups is 2. The van der Waals surface area contributed by atoms with E-state index in [9.17, 15) is 9.59 Å². The van der Waals surface area contributed by atoms with Crippen molar-refractivity contribution in [2.24, 2.45) is 0 Å². The molecule has 0 saturated heterocycles. The maximum atomic E-state index is 13.9. The first kappa shape index (κ1) is 26.6. The fourth-order valence-electron chi connectivity index (χ4n) is 5.51. The number of ether oxygens (including phenoxy) is 1. The molecule has 0 amide bonds. The zero-order valence-corrected chi connectivity index (χ0v) is 22.7. The van der Waals surface area contributed by atoms with E-state index in [1.165, 1.54) is 5.56 Å². The van der Waals surface area contributed by atoms with Gasteiger partial charge in [-0.3, -0.25) is 9.59 Å². The average molecular weight is 502 g/mol. The van der Waals surface area contributed by atoms with Gasteiger partial charge >= 0.3 is 5.97 Å². The van der Waals surface area contributed by atoms with Crippen molar-refractivity contribution in [3.8, 4) is 5.75 Å². The van der Waals surface area contributed by atoms with Crippen LogP contribution in [0.3, 0.4) is 0 Å². The van der Waals surface area contributed by atoms with Gasteiger partial charge in [-0.2, -0.15) is 5.10 Å². The first-order valence-corrected chi connectivity index (χ1v) is 13.5. The summed E-state index contributed by atoms with van der Waals surface area (Å²) in [5.41, 5.74) is 2.39. The molecule has 1 aromatic heterocycles. The first-order chi connectivity index (χ1) is 17.7. The molecule has 196 valence electrons. The predicted molar refractivity (Wildman–Crippen MR) is 147 cm³/mol. The molecular weight excluding hydrogens is 462 g/mol. The molecule has 0 fully saturated rings. The van der Waals surface area contributed by atoms with E-state index in [0.717, 1.165) is 37.1 Å². The largest absolute Gasteiger partial charge is 0.427 e. The Morgan fingerprint density at radius 3 is 2.35 bits per heavy atom. The molecule has 1 aliphatic rings. The van der Waals surface area contributed by atoms with Crippen LogP contribution in [-0.2, 0) is 15.7 Å². The van der Waals surface area contributed by atoms with Gasteiger partial charge in [0.1, 0.15) is 11.6 Å². The third kappa shape index (κ3) is 5.48. The van der Waals surface area contributed by atoms with E-state index in [2.05, 4.69) is 62.4 Å². The molecular formula is C31H39N3O3. The molecule has 3 aromatic rings. The first-order valence-electron chi connectivity index (χ1n) is 13.5. The number of carbonyl (C=O) groups excluding carboxylic acids is 2. The summed E-state index contributed by atoms with van der Waals surface area (Å²) >= 11 is 0. The number of hydrogen-bond acceptors (Lipinski definition) is 5. The summed E-state index contributed by atoms with van der Waals surface area (Å²) in [6.07, 6.45) is 5.78. The lowest BCUT2D eigenvalue weighted by Gasteiger charge is -2.38. The van der Waals surface area contributed by atoms with Crippen LogP contribution in [0.15, 0.2) is 60.8 Å². The summed E-state index contributed by atoms with van der Waals surface area (Å²) in [6.45, 7) is 10.6. The number of nitrogens with one attached hydrogen (secondary N) is 1. The van der Waals surface area contributed by atoms with Gasteiger partial charge in [0.2, 0.25) is 0 Å². The Hall–Kier alpha value is -3.41. The van der Waals surface area contributed by atoms with Crippen molar-refractivity contribution in [1.29, 1.82) is 0 Å². The van der Waals surface area contributed by atoms with E-state index in [-0.39, 0.29) is 28.7 Å². The minimum absolute atomic E-state index is 0.0837. The van der Waals surface area contributed by atoms with E-state index in [1.54, 1.807) is 6.20 Å². The van der Waals surface area contributed by atoms with Gasteiger partial charge < -0.3 is 10.1 Å². The van der Waals surface area contributed by atoms with E-state index < -0.39 is 0 Å². The van der Waals surface area contributed by atoms with Gasteiger partial charge in [-0.15, -0.1) is 0 Å². The lowest BCUT2D eigenvalue weighted by Crippen LogP contribution is -2.38. The van der Waals surface area contributed by atoms with Gasteiger partial charge in [0.15, 0.2) is 5.78 Å². The van der Waals surface area contributed by atoms with Crippen LogP contribution in [0.4, 0.5) is 5.82 Å². The third-order valence-corrected chi connectivity index (χ3v) is 7.86. The smallest absolute Gasteiger partial charge is 0.311 e. The lowest BCUT2D eigenvalue weighted by molar-refractivity contribution is -0.134. The second kappa shape index (κ2) is 10.9. The summed E-state index contributed by atoms with van der Waals surface area (Å²) in [7, 11) is 0. The molecule has 2 aromatic carbocycles. The highest BCUT2D eigenvalue weighted by Gasteiger charge is 2.38. The third-order valence-electron chi connectivity index (χ3n) is 7.86. The molecule has 0 bridgehead atoms. The topological polar surface area (TPSA) is 73.2 Å². The van der Waals surface area contributed by atoms with Gasteiger partial charge in [-0.1, -0.05) is 63.2 Å². The second-order valence-electron chi connectivity index (χ2n) is 10.8. The maximum absolute atomic E-state index is 13.9. The van der Waals surface area contributed by atoms with E-state index in [4.69, 9.17) is 4.74 Å². The van der Waals surface area contributed by atoms with Crippen molar-refractivity contribution in [2.45, 2.75) is 90.1 Å². The average Bonchev–Trinajstić information content (AvgIpc) is 3.34. The van der Waals surface area contributed by atoms with E-state index in [0.29, 0.717) is 24.2 Å². The van der Waals surface area contributed by atoms with Gasteiger partial charge in [-0.25, -0.2) is 4.68 Å². The molecule has 0 spiro atoms. The maximum Gasteiger partial charge on any atom is 0.311 e. The Morgan fingerprint density at radius 1 is 1.05 bits per heavy atom. The molecule has 6 heteroatoms. The molecule has 0 radical (unpaired) electrons. The number of aromatic nitrogens is 2. The Kier molecular flexibility index (Phi) is 7.86. The molecule has 1 aliphatic heterocycles. The summed E-state index contributed by atoms with van der Waals surface area (Å²) < 4.78 is 7.40. The molecule has 0 aliphatic carbocycles. The van der Waals surface area contributed by atoms with Gasteiger partial charge in [0.05, 0.1) is 23.3 Å². The number of esters is 1. The zero-order valence-electron chi connectivity index (χ0n) is 22.7. The van der Waals surface area contributed by atoms with Crippen LogP contribution < -0.4 is 10.1 Å². The molecule has 2 heterocycles. The summed E-state index contributed by atoms with van der Waals surface area (Å²) in [6, 6.07) is 18.2. The van der Waals surface area contributed by atoms with Crippen molar-refractivity contribution in [3.63, 3.8) is 0 Å². The van der Waals surface area contributed by atoms with Crippen molar-refractivity contribution in [2.75, 3.05) is 5.32 Å². The molecule has 37 heavy (non-hydrogen) atoms. The van der Waals surface area contributed by atoms with Crippen LogP contribution in [0.25, 0.3) is 0 Å². The number of hydrogen-bond donors (Lipinski definition) is 1. The fourth-order valence-corrected chi connectivity index (χ4v) is 5.51. The van der Waals surface area contributed by atoms with Crippen LogP contribution in [0.5, 0.6) is 5.75 Å². The summed E-state index contributed by atoms with van der Waals surface area (Å²) in [4.78, 5) is 25.7. The number of ketones is 1. The number of nitrogens with zero attached hydrogens (tertiary/aromatic N) is 2. The van der Waals surface area contributed by atoms with Crippen LogP contribution >= 0.6 is 0 Å². The van der Waals surface area contributed by atoms with Crippen molar-refractivity contribution in [1.82, 2.24) is 9.78 Å². The molecule has 0 saturated carbocycles. The molecule has 1 unspecified atom stereocenters. The Balaban J connectivity index is 1.59. The second-order valence-corrected chi connectivity index (χ2v) is 10.8. The highest BCUT2D eigenvalue weighted by molar-refractivity contribution is 6.01. The fraction of sp³-hybridized carbons (Fsp3) is 0.452. The quantitative estimate of drug-likeness (QED) is 0.180. The minimum Gasteiger partial charge on any atom is -0.427 e. The number of anilines is 1. The monoisotopic (exact) mass is 501 g/mol. The lowest BCUT2D eigenvalue weighted by atomic mass is 9.71. The number of benzene rings is 2. The Morgan fingerprint density at radius 2 is 1.73 bits per heavy atom. The van der Waals surface area contributed by atoms with Crippen molar-refractivity contribution in [3.05, 3.63) is 77.5 Å². The van der Waals surface area contributed by atoms with Crippen LogP contribution in [0, 0.1) is 0 Å². The van der Waals surface area contributed by atoms with Crippen LogP contribution in [-0.4, -0.2) is 21.5 Å². The Bertz CT molecular complexity index is 1220.